The van der Waals surface area contributed by atoms with Crippen LogP contribution in [-0.4, -0.2) is 18.0 Å². The topological polar surface area (TPSA) is 51.2 Å². The minimum atomic E-state index is -0.186. The summed E-state index contributed by atoms with van der Waals surface area (Å²) in [5.41, 5.74) is 3.16. The van der Waals surface area contributed by atoms with E-state index >= 15 is 0 Å². The number of rotatable bonds is 4. The SMILES string of the molecule is COc1ccc(NC(=O)c2ccc(-c3ccsc3)nc2)cc1. The minimum absolute atomic E-state index is 0.186. The molecule has 0 aliphatic rings. The molecule has 3 aromatic rings. The number of benzene rings is 1. The average molecular weight is 310 g/mol. The molecular weight excluding hydrogens is 296 g/mol. The van der Waals surface area contributed by atoms with Gasteiger partial charge in [-0.25, -0.2) is 0 Å². The molecule has 0 radical (unpaired) electrons. The Morgan fingerprint density at radius 2 is 1.95 bits per heavy atom. The van der Waals surface area contributed by atoms with Gasteiger partial charge in [0.1, 0.15) is 5.75 Å². The molecule has 0 unspecified atom stereocenters. The van der Waals surface area contributed by atoms with E-state index in [1.54, 1.807) is 55.0 Å². The second-order valence-electron chi connectivity index (χ2n) is 4.63. The van der Waals surface area contributed by atoms with E-state index < -0.39 is 0 Å². The molecule has 110 valence electrons. The highest BCUT2D eigenvalue weighted by molar-refractivity contribution is 7.08. The second kappa shape index (κ2) is 6.41. The van der Waals surface area contributed by atoms with Crippen molar-refractivity contribution in [3.63, 3.8) is 0 Å². The Balaban J connectivity index is 1.71. The van der Waals surface area contributed by atoms with Crippen LogP contribution in [-0.2, 0) is 0 Å². The Labute approximate surface area is 132 Å². The maximum absolute atomic E-state index is 12.2. The standard InChI is InChI=1S/C17H14N2O2S/c1-21-15-5-3-14(4-6-15)19-17(20)12-2-7-16(18-10-12)13-8-9-22-11-13/h2-11H,1H3,(H,19,20). The summed E-state index contributed by atoms with van der Waals surface area (Å²) in [6.45, 7) is 0. The highest BCUT2D eigenvalue weighted by atomic mass is 32.1. The number of anilines is 1. The lowest BCUT2D eigenvalue weighted by molar-refractivity contribution is 0.102. The Morgan fingerprint density at radius 3 is 2.55 bits per heavy atom. The molecule has 0 atom stereocenters. The Bertz CT molecular complexity index is 750. The number of amides is 1. The van der Waals surface area contributed by atoms with Crippen molar-refractivity contribution in [2.45, 2.75) is 0 Å². The number of nitrogens with one attached hydrogen (secondary N) is 1. The zero-order valence-corrected chi connectivity index (χ0v) is 12.8. The van der Waals surface area contributed by atoms with Crippen LogP contribution in [0.4, 0.5) is 5.69 Å². The van der Waals surface area contributed by atoms with Gasteiger partial charge in [-0.2, -0.15) is 11.3 Å². The highest BCUT2D eigenvalue weighted by Gasteiger charge is 2.08. The van der Waals surface area contributed by atoms with Crippen molar-refractivity contribution in [3.05, 3.63) is 65.0 Å². The normalized spacial score (nSPS) is 10.2. The monoisotopic (exact) mass is 310 g/mol. The van der Waals surface area contributed by atoms with Crippen molar-refractivity contribution >= 4 is 22.9 Å². The van der Waals surface area contributed by atoms with E-state index in [4.69, 9.17) is 4.74 Å². The molecule has 0 bridgehead atoms. The molecule has 0 saturated carbocycles. The van der Waals surface area contributed by atoms with E-state index in [1.807, 2.05) is 22.9 Å². The summed E-state index contributed by atoms with van der Waals surface area (Å²) in [6, 6.07) is 12.8. The van der Waals surface area contributed by atoms with Crippen LogP contribution >= 0.6 is 11.3 Å². The zero-order valence-electron chi connectivity index (χ0n) is 11.9. The quantitative estimate of drug-likeness (QED) is 0.790. The molecule has 0 fully saturated rings. The summed E-state index contributed by atoms with van der Waals surface area (Å²) in [6.07, 6.45) is 1.59. The van der Waals surface area contributed by atoms with Gasteiger partial charge in [0.25, 0.3) is 5.91 Å². The summed E-state index contributed by atoms with van der Waals surface area (Å²) >= 11 is 1.62. The molecule has 3 rings (SSSR count). The fourth-order valence-electron chi connectivity index (χ4n) is 1.99. The van der Waals surface area contributed by atoms with Gasteiger partial charge in [0, 0.05) is 22.8 Å². The minimum Gasteiger partial charge on any atom is -0.497 e. The van der Waals surface area contributed by atoms with Gasteiger partial charge in [-0.3, -0.25) is 9.78 Å². The number of nitrogens with zero attached hydrogens (tertiary/aromatic N) is 1. The lowest BCUT2D eigenvalue weighted by atomic mass is 10.2. The molecular formula is C17H14N2O2S. The van der Waals surface area contributed by atoms with Crippen LogP contribution in [0.2, 0.25) is 0 Å². The van der Waals surface area contributed by atoms with Gasteiger partial charge in [0.05, 0.1) is 18.4 Å². The van der Waals surface area contributed by atoms with E-state index in [2.05, 4.69) is 10.3 Å². The van der Waals surface area contributed by atoms with Gasteiger partial charge in [0.15, 0.2) is 0 Å². The summed E-state index contributed by atoms with van der Waals surface area (Å²) in [5.74, 6) is 0.564. The van der Waals surface area contributed by atoms with E-state index in [9.17, 15) is 4.79 Å². The van der Waals surface area contributed by atoms with Crippen LogP contribution in [0.25, 0.3) is 11.3 Å². The Kier molecular flexibility index (Phi) is 4.16. The summed E-state index contributed by atoms with van der Waals surface area (Å²) in [4.78, 5) is 16.5. The third-order valence-corrected chi connectivity index (χ3v) is 3.87. The first-order valence-corrected chi connectivity index (χ1v) is 7.64. The lowest BCUT2D eigenvalue weighted by Gasteiger charge is -2.06. The second-order valence-corrected chi connectivity index (χ2v) is 5.41. The third kappa shape index (κ3) is 3.15. The number of thiophene rings is 1. The molecule has 5 heteroatoms. The van der Waals surface area contributed by atoms with E-state index in [1.165, 1.54) is 0 Å². The maximum Gasteiger partial charge on any atom is 0.257 e. The molecule has 4 nitrogen and oxygen atoms in total. The third-order valence-electron chi connectivity index (χ3n) is 3.19. The van der Waals surface area contributed by atoms with Crippen LogP contribution in [0.3, 0.4) is 0 Å². The number of carbonyl (C=O) groups is 1. The van der Waals surface area contributed by atoms with Crippen molar-refractivity contribution in [1.82, 2.24) is 4.98 Å². The first-order valence-electron chi connectivity index (χ1n) is 6.70. The van der Waals surface area contributed by atoms with Crippen molar-refractivity contribution in [3.8, 4) is 17.0 Å². The lowest BCUT2D eigenvalue weighted by Crippen LogP contribution is -2.12. The number of aromatic nitrogens is 1. The average Bonchev–Trinajstić information content (AvgIpc) is 3.10. The number of pyridine rings is 1. The Morgan fingerprint density at radius 1 is 1.14 bits per heavy atom. The number of hydrogen-bond acceptors (Lipinski definition) is 4. The number of methoxy groups -OCH3 is 1. The molecule has 1 amide bonds. The number of ether oxygens (including phenoxy) is 1. The van der Waals surface area contributed by atoms with Crippen LogP contribution in [0.1, 0.15) is 10.4 Å². The van der Waals surface area contributed by atoms with Crippen molar-refractivity contribution in [2.75, 3.05) is 12.4 Å². The van der Waals surface area contributed by atoms with Gasteiger partial charge in [-0.15, -0.1) is 0 Å². The van der Waals surface area contributed by atoms with Crippen LogP contribution < -0.4 is 10.1 Å². The number of carbonyl (C=O) groups excluding carboxylic acids is 1. The molecule has 0 spiro atoms. The smallest absolute Gasteiger partial charge is 0.257 e. The fraction of sp³-hybridized carbons (Fsp3) is 0.0588. The van der Waals surface area contributed by atoms with Gasteiger partial charge < -0.3 is 10.1 Å². The first-order chi connectivity index (χ1) is 10.8. The largest absolute Gasteiger partial charge is 0.497 e. The van der Waals surface area contributed by atoms with E-state index in [-0.39, 0.29) is 5.91 Å². The molecule has 22 heavy (non-hydrogen) atoms. The van der Waals surface area contributed by atoms with Crippen molar-refractivity contribution in [2.24, 2.45) is 0 Å². The molecule has 1 aromatic carbocycles. The van der Waals surface area contributed by atoms with Gasteiger partial charge in [-0.05, 0) is 47.8 Å². The molecule has 2 heterocycles. The maximum atomic E-state index is 12.2. The molecule has 2 aromatic heterocycles. The molecule has 0 saturated heterocycles. The summed E-state index contributed by atoms with van der Waals surface area (Å²) in [5, 5.41) is 6.86. The molecule has 0 aliphatic heterocycles. The summed E-state index contributed by atoms with van der Waals surface area (Å²) < 4.78 is 5.09. The number of hydrogen-bond donors (Lipinski definition) is 1. The van der Waals surface area contributed by atoms with Crippen molar-refractivity contribution < 1.29 is 9.53 Å². The van der Waals surface area contributed by atoms with Crippen LogP contribution in [0.15, 0.2) is 59.4 Å². The van der Waals surface area contributed by atoms with Crippen molar-refractivity contribution in [1.29, 1.82) is 0 Å². The summed E-state index contributed by atoms with van der Waals surface area (Å²) in [7, 11) is 1.61. The van der Waals surface area contributed by atoms with Gasteiger partial charge in [0.2, 0.25) is 0 Å². The van der Waals surface area contributed by atoms with Gasteiger partial charge in [-0.1, -0.05) is 0 Å². The molecule has 1 N–H and O–H groups in total. The molecule has 0 aliphatic carbocycles. The Hall–Kier alpha value is -2.66. The van der Waals surface area contributed by atoms with Gasteiger partial charge >= 0.3 is 0 Å². The predicted octanol–water partition coefficient (Wildman–Crippen LogP) is 4.07. The predicted molar refractivity (Wildman–Crippen MR) is 88.5 cm³/mol. The first kappa shape index (κ1) is 14.3. The van der Waals surface area contributed by atoms with Crippen LogP contribution in [0.5, 0.6) is 5.75 Å². The van der Waals surface area contributed by atoms with Crippen LogP contribution in [0, 0.1) is 0 Å². The fourth-order valence-corrected chi connectivity index (χ4v) is 2.64. The highest BCUT2D eigenvalue weighted by Crippen LogP contribution is 2.20. The zero-order chi connectivity index (χ0) is 15.4. The van der Waals surface area contributed by atoms with E-state index in [0.29, 0.717) is 11.3 Å². The van der Waals surface area contributed by atoms with E-state index in [0.717, 1.165) is 17.0 Å².